The number of nitriles is 1. The van der Waals surface area contributed by atoms with Gasteiger partial charge in [0.15, 0.2) is 6.10 Å². The van der Waals surface area contributed by atoms with Gasteiger partial charge in [0, 0.05) is 18.1 Å². The Morgan fingerprint density at radius 1 is 1.32 bits per heavy atom. The number of benzene rings is 1. The van der Waals surface area contributed by atoms with Gasteiger partial charge in [0.2, 0.25) is 5.88 Å². The summed E-state index contributed by atoms with van der Waals surface area (Å²) in [5.41, 5.74) is -0.235. The minimum atomic E-state index is -3.36. The Bertz CT molecular complexity index is 789. The van der Waals surface area contributed by atoms with Crippen molar-refractivity contribution in [3.05, 3.63) is 47.2 Å². The van der Waals surface area contributed by atoms with E-state index in [0.717, 1.165) is 18.5 Å². The fourth-order valence-electron chi connectivity index (χ4n) is 2.23. The third-order valence-corrected chi connectivity index (χ3v) is 3.23. The molecular formula is C14H8F3N3O2. The number of nitrogens with zero attached hydrogens (tertiary/aromatic N) is 3. The van der Waals surface area contributed by atoms with Gasteiger partial charge < -0.3 is 9.84 Å². The summed E-state index contributed by atoms with van der Waals surface area (Å²) in [5.74, 6) is -4.32. The molecule has 1 atom stereocenters. The topological polar surface area (TPSA) is 79.0 Å². The Morgan fingerprint density at radius 2 is 2.09 bits per heavy atom. The largest absolute Gasteiger partial charge is 0.438 e. The molecule has 2 aromatic rings. The van der Waals surface area contributed by atoms with E-state index in [1.54, 1.807) is 6.07 Å². The Hall–Kier alpha value is -2.66. The van der Waals surface area contributed by atoms with E-state index in [9.17, 15) is 18.3 Å². The van der Waals surface area contributed by atoms with E-state index in [1.807, 2.05) is 0 Å². The molecule has 0 spiro atoms. The molecule has 1 aliphatic rings. The van der Waals surface area contributed by atoms with Crippen LogP contribution < -0.4 is 4.74 Å². The minimum Gasteiger partial charge on any atom is -0.438 e. The summed E-state index contributed by atoms with van der Waals surface area (Å²) in [6.07, 6.45) is -1.83. The highest BCUT2D eigenvalue weighted by Gasteiger charge is 2.49. The Balaban J connectivity index is 2.00. The molecule has 5 nitrogen and oxygen atoms in total. The van der Waals surface area contributed by atoms with Gasteiger partial charge in [-0.05, 0) is 12.1 Å². The van der Waals surface area contributed by atoms with Crippen LogP contribution in [0.4, 0.5) is 13.2 Å². The van der Waals surface area contributed by atoms with Crippen molar-refractivity contribution in [2.24, 2.45) is 0 Å². The van der Waals surface area contributed by atoms with E-state index in [4.69, 9.17) is 10.00 Å². The highest BCUT2D eigenvalue weighted by atomic mass is 19.3. The lowest BCUT2D eigenvalue weighted by atomic mass is 10.2. The third kappa shape index (κ3) is 2.35. The average molecular weight is 307 g/mol. The molecule has 112 valence electrons. The quantitative estimate of drug-likeness (QED) is 0.922. The third-order valence-electron chi connectivity index (χ3n) is 3.23. The summed E-state index contributed by atoms with van der Waals surface area (Å²) >= 11 is 0. The minimum absolute atomic E-state index is 0.0195. The average Bonchev–Trinajstić information content (AvgIpc) is 2.70. The lowest BCUT2D eigenvalue weighted by Gasteiger charge is -2.11. The van der Waals surface area contributed by atoms with Gasteiger partial charge >= 0.3 is 0 Å². The fourth-order valence-corrected chi connectivity index (χ4v) is 2.23. The van der Waals surface area contributed by atoms with Gasteiger partial charge in [0.1, 0.15) is 17.9 Å². The molecule has 1 heterocycles. The SMILES string of the molecule is N#Cc1cc(F)cc(Oc2ncnc3c2CC(F)(F)C3O)c1. The maximum absolute atomic E-state index is 13.6. The number of hydrogen-bond donors (Lipinski definition) is 1. The number of aliphatic hydroxyl groups is 1. The molecule has 1 unspecified atom stereocenters. The monoisotopic (exact) mass is 307 g/mol. The molecule has 8 heteroatoms. The maximum Gasteiger partial charge on any atom is 0.283 e. The lowest BCUT2D eigenvalue weighted by molar-refractivity contribution is -0.0981. The van der Waals surface area contributed by atoms with Crippen molar-refractivity contribution in [2.75, 3.05) is 0 Å². The van der Waals surface area contributed by atoms with Gasteiger partial charge in [-0.15, -0.1) is 0 Å². The predicted octanol–water partition coefficient (Wildman–Crippen LogP) is 2.50. The van der Waals surface area contributed by atoms with Crippen molar-refractivity contribution in [1.29, 1.82) is 5.26 Å². The molecule has 1 N–H and O–H groups in total. The summed E-state index contributed by atoms with van der Waals surface area (Å²) < 4.78 is 45.8. The number of rotatable bonds is 2. The molecule has 0 bridgehead atoms. The van der Waals surface area contributed by atoms with Crippen molar-refractivity contribution < 1.29 is 23.0 Å². The molecule has 0 amide bonds. The number of alkyl halides is 2. The van der Waals surface area contributed by atoms with Crippen LogP contribution >= 0.6 is 0 Å². The first kappa shape index (κ1) is 14.3. The maximum atomic E-state index is 13.6. The Labute approximate surface area is 122 Å². The number of ether oxygens (including phenoxy) is 1. The number of aromatic nitrogens is 2. The predicted molar refractivity (Wildman–Crippen MR) is 66.8 cm³/mol. The van der Waals surface area contributed by atoms with Crippen LogP contribution in [0.15, 0.2) is 24.5 Å². The van der Waals surface area contributed by atoms with Gasteiger partial charge in [-0.2, -0.15) is 5.26 Å². The number of aliphatic hydroxyl groups excluding tert-OH is 1. The van der Waals surface area contributed by atoms with Crippen LogP contribution in [-0.2, 0) is 6.42 Å². The van der Waals surface area contributed by atoms with Crippen molar-refractivity contribution in [1.82, 2.24) is 9.97 Å². The highest BCUT2D eigenvalue weighted by molar-refractivity contribution is 5.43. The lowest BCUT2D eigenvalue weighted by Crippen LogP contribution is -2.21. The molecule has 1 aliphatic carbocycles. The standard InChI is InChI=1S/C14H8F3N3O2/c15-8-1-7(5-18)2-9(3-8)22-13-10-4-14(16,17)12(21)11(10)19-6-20-13/h1-3,6,12,21H,4H2. The number of fused-ring (bicyclic) bond motifs is 1. The van der Waals surface area contributed by atoms with Gasteiger partial charge in [0.25, 0.3) is 5.92 Å². The highest BCUT2D eigenvalue weighted by Crippen LogP contribution is 2.45. The van der Waals surface area contributed by atoms with Gasteiger partial charge in [-0.3, -0.25) is 0 Å². The summed E-state index contributed by atoms with van der Waals surface area (Å²) in [4.78, 5) is 7.39. The van der Waals surface area contributed by atoms with Gasteiger partial charge in [0.05, 0.1) is 17.3 Å². The molecule has 22 heavy (non-hydrogen) atoms. The summed E-state index contributed by atoms with van der Waals surface area (Å²) in [6, 6.07) is 5.01. The van der Waals surface area contributed by atoms with Crippen LogP contribution in [0.3, 0.4) is 0 Å². The second kappa shape index (κ2) is 4.96. The normalized spacial score (nSPS) is 18.6. The van der Waals surface area contributed by atoms with Crippen LogP contribution in [0.25, 0.3) is 0 Å². The van der Waals surface area contributed by atoms with Crippen molar-refractivity contribution in [2.45, 2.75) is 18.4 Å². The van der Waals surface area contributed by atoms with Gasteiger partial charge in [-0.25, -0.2) is 23.1 Å². The summed E-state index contributed by atoms with van der Waals surface area (Å²) in [7, 11) is 0. The second-order valence-corrected chi connectivity index (χ2v) is 4.77. The zero-order chi connectivity index (χ0) is 15.9. The van der Waals surface area contributed by atoms with Crippen LogP contribution in [0.2, 0.25) is 0 Å². The molecular weight excluding hydrogens is 299 g/mol. The van der Waals surface area contributed by atoms with E-state index in [0.29, 0.717) is 0 Å². The number of hydrogen-bond acceptors (Lipinski definition) is 5. The molecule has 0 aliphatic heterocycles. The van der Waals surface area contributed by atoms with Crippen molar-refractivity contribution >= 4 is 0 Å². The molecule has 0 radical (unpaired) electrons. The summed E-state index contributed by atoms with van der Waals surface area (Å²) in [6.45, 7) is 0. The zero-order valence-corrected chi connectivity index (χ0v) is 10.9. The smallest absolute Gasteiger partial charge is 0.283 e. The van der Waals surface area contributed by atoms with Gasteiger partial charge in [-0.1, -0.05) is 0 Å². The van der Waals surface area contributed by atoms with Crippen LogP contribution in [0, 0.1) is 17.1 Å². The Kier molecular flexibility index (Phi) is 3.22. The molecule has 3 rings (SSSR count). The first-order valence-electron chi connectivity index (χ1n) is 6.19. The summed E-state index contributed by atoms with van der Waals surface area (Å²) in [5, 5.41) is 18.3. The molecule has 1 aromatic heterocycles. The van der Waals surface area contributed by atoms with E-state index < -0.39 is 24.3 Å². The van der Waals surface area contributed by atoms with Crippen molar-refractivity contribution in [3.63, 3.8) is 0 Å². The molecule has 0 saturated carbocycles. The van der Waals surface area contributed by atoms with Crippen LogP contribution in [-0.4, -0.2) is 21.0 Å². The second-order valence-electron chi connectivity index (χ2n) is 4.77. The fraction of sp³-hybridized carbons (Fsp3) is 0.214. The molecule has 0 fully saturated rings. The van der Waals surface area contributed by atoms with E-state index >= 15 is 0 Å². The molecule has 0 saturated heterocycles. The van der Waals surface area contributed by atoms with Crippen molar-refractivity contribution in [3.8, 4) is 17.7 Å². The first-order valence-corrected chi connectivity index (χ1v) is 6.19. The first-order chi connectivity index (χ1) is 10.4. The van der Waals surface area contributed by atoms with Crippen LogP contribution in [0.5, 0.6) is 11.6 Å². The van der Waals surface area contributed by atoms with E-state index in [1.165, 1.54) is 6.07 Å². The molecule has 1 aromatic carbocycles. The van der Waals surface area contributed by atoms with Crippen LogP contribution in [0.1, 0.15) is 22.9 Å². The van der Waals surface area contributed by atoms with E-state index in [-0.39, 0.29) is 28.5 Å². The number of halogens is 3. The zero-order valence-electron chi connectivity index (χ0n) is 10.9. The van der Waals surface area contributed by atoms with E-state index in [2.05, 4.69) is 9.97 Å². The Morgan fingerprint density at radius 3 is 2.82 bits per heavy atom.